The number of halogens is 4. The molecule has 0 heterocycles. The lowest BCUT2D eigenvalue weighted by atomic mass is 10.0. The zero-order valence-corrected chi connectivity index (χ0v) is 11.0. The molecule has 0 aliphatic rings. The topological polar surface area (TPSA) is 12.0 Å². The lowest BCUT2D eigenvalue weighted by Crippen LogP contribution is -2.19. The molecule has 1 atom stereocenters. The van der Waals surface area contributed by atoms with Crippen molar-refractivity contribution in [1.29, 1.82) is 0 Å². The maximum atomic E-state index is 12.1. The molecule has 0 bridgehead atoms. The Morgan fingerprint density at radius 1 is 1.38 bits per heavy atom. The fourth-order valence-corrected chi connectivity index (χ4v) is 2.08. The normalized spacial score (nSPS) is 13.8. The Labute approximate surface area is 107 Å². The Morgan fingerprint density at radius 3 is 2.56 bits per heavy atom. The van der Waals surface area contributed by atoms with Crippen LogP contribution in [0.4, 0.5) is 13.2 Å². The average molecular weight is 343 g/mol. The second-order valence-electron chi connectivity index (χ2n) is 3.55. The summed E-state index contributed by atoms with van der Waals surface area (Å²) in [6.45, 7) is 0. The van der Waals surface area contributed by atoms with Crippen LogP contribution in [-0.4, -0.2) is 13.2 Å². The smallest absolute Gasteiger partial charge is 0.313 e. The molecular formula is C11H13F3IN. The van der Waals surface area contributed by atoms with E-state index in [0.29, 0.717) is 0 Å². The minimum atomic E-state index is -4.09. The zero-order chi connectivity index (χ0) is 12.2. The maximum Gasteiger partial charge on any atom is 0.389 e. The molecule has 1 aromatic rings. The third-order valence-corrected chi connectivity index (χ3v) is 2.99. The fourth-order valence-electron chi connectivity index (χ4n) is 1.51. The van der Waals surface area contributed by atoms with Gasteiger partial charge in [0.15, 0.2) is 0 Å². The van der Waals surface area contributed by atoms with Crippen LogP contribution in [0, 0.1) is 3.57 Å². The first-order chi connectivity index (χ1) is 7.42. The van der Waals surface area contributed by atoms with Gasteiger partial charge < -0.3 is 5.32 Å². The first-order valence-electron chi connectivity index (χ1n) is 4.92. The van der Waals surface area contributed by atoms with Crippen LogP contribution in [0.1, 0.15) is 24.4 Å². The SMILES string of the molecule is CNC(CCC(F)(F)F)c1cccc(I)c1. The lowest BCUT2D eigenvalue weighted by molar-refractivity contribution is -0.136. The van der Waals surface area contributed by atoms with Crippen LogP contribution in [0.3, 0.4) is 0 Å². The van der Waals surface area contributed by atoms with E-state index in [4.69, 9.17) is 0 Å². The van der Waals surface area contributed by atoms with E-state index in [1.807, 2.05) is 24.3 Å². The molecule has 0 saturated heterocycles. The highest BCUT2D eigenvalue weighted by molar-refractivity contribution is 14.1. The summed E-state index contributed by atoms with van der Waals surface area (Å²) in [5.74, 6) is 0. The van der Waals surface area contributed by atoms with Crippen LogP contribution >= 0.6 is 22.6 Å². The molecule has 1 unspecified atom stereocenters. The van der Waals surface area contributed by atoms with Crippen molar-refractivity contribution in [2.75, 3.05) is 7.05 Å². The Balaban J connectivity index is 2.68. The van der Waals surface area contributed by atoms with Crippen LogP contribution < -0.4 is 5.32 Å². The highest BCUT2D eigenvalue weighted by Crippen LogP contribution is 2.27. The summed E-state index contributed by atoms with van der Waals surface area (Å²) in [4.78, 5) is 0. The molecule has 1 aromatic carbocycles. The number of hydrogen-bond acceptors (Lipinski definition) is 1. The molecule has 0 aromatic heterocycles. The first kappa shape index (κ1) is 13.8. The van der Waals surface area contributed by atoms with Crippen molar-refractivity contribution >= 4 is 22.6 Å². The van der Waals surface area contributed by atoms with Gasteiger partial charge in [-0.05, 0) is 53.8 Å². The highest BCUT2D eigenvalue weighted by atomic mass is 127. The van der Waals surface area contributed by atoms with Gasteiger partial charge in [-0.1, -0.05) is 12.1 Å². The molecular weight excluding hydrogens is 330 g/mol. The first-order valence-corrected chi connectivity index (χ1v) is 6.00. The number of rotatable bonds is 4. The van der Waals surface area contributed by atoms with Gasteiger partial charge >= 0.3 is 6.18 Å². The minimum absolute atomic E-state index is 0.0695. The molecule has 16 heavy (non-hydrogen) atoms. The quantitative estimate of drug-likeness (QED) is 0.818. The minimum Gasteiger partial charge on any atom is -0.313 e. The van der Waals surface area contributed by atoms with E-state index in [2.05, 4.69) is 27.9 Å². The van der Waals surface area contributed by atoms with E-state index in [1.54, 1.807) is 7.05 Å². The number of nitrogens with one attached hydrogen (secondary N) is 1. The van der Waals surface area contributed by atoms with Crippen molar-refractivity contribution in [2.45, 2.75) is 25.1 Å². The molecule has 0 amide bonds. The van der Waals surface area contributed by atoms with Crippen molar-refractivity contribution in [3.05, 3.63) is 33.4 Å². The van der Waals surface area contributed by atoms with Gasteiger partial charge in [0.25, 0.3) is 0 Å². The van der Waals surface area contributed by atoms with Gasteiger partial charge in [0.05, 0.1) is 0 Å². The van der Waals surface area contributed by atoms with E-state index >= 15 is 0 Å². The van der Waals surface area contributed by atoms with Crippen LogP contribution in [0.5, 0.6) is 0 Å². The predicted molar refractivity (Wildman–Crippen MR) is 66.2 cm³/mol. The summed E-state index contributed by atoms with van der Waals surface area (Å²) in [7, 11) is 1.68. The fraction of sp³-hybridized carbons (Fsp3) is 0.455. The molecule has 0 saturated carbocycles. The number of hydrogen-bond donors (Lipinski definition) is 1. The summed E-state index contributed by atoms with van der Waals surface area (Å²) in [5, 5.41) is 2.91. The second-order valence-corrected chi connectivity index (χ2v) is 4.80. The molecule has 0 fully saturated rings. The molecule has 0 radical (unpaired) electrons. The largest absolute Gasteiger partial charge is 0.389 e. The Hall–Kier alpha value is -0.300. The van der Waals surface area contributed by atoms with Gasteiger partial charge in [0.1, 0.15) is 0 Å². The monoisotopic (exact) mass is 343 g/mol. The zero-order valence-electron chi connectivity index (χ0n) is 8.81. The standard InChI is InChI=1S/C11H13F3IN/c1-16-10(5-6-11(12,13)14)8-3-2-4-9(15)7-8/h2-4,7,10,16H,5-6H2,1H3. The summed E-state index contributed by atoms with van der Waals surface area (Å²) in [5.41, 5.74) is 0.902. The van der Waals surface area contributed by atoms with Gasteiger partial charge in [-0.15, -0.1) is 0 Å². The molecule has 0 spiro atoms. The number of benzene rings is 1. The van der Waals surface area contributed by atoms with Crippen molar-refractivity contribution in [3.8, 4) is 0 Å². The van der Waals surface area contributed by atoms with Crippen molar-refractivity contribution in [2.24, 2.45) is 0 Å². The van der Waals surface area contributed by atoms with E-state index in [0.717, 1.165) is 9.13 Å². The van der Waals surface area contributed by atoms with Gasteiger partial charge in [-0.25, -0.2) is 0 Å². The summed E-state index contributed by atoms with van der Waals surface area (Å²) >= 11 is 2.15. The second kappa shape index (κ2) is 5.86. The average Bonchev–Trinajstić information content (AvgIpc) is 2.17. The van der Waals surface area contributed by atoms with Crippen LogP contribution in [0.25, 0.3) is 0 Å². The molecule has 90 valence electrons. The van der Waals surface area contributed by atoms with Gasteiger partial charge in [-0.3, -0.25) is 0 Å². The summed E-state index contributed by atoms with van der Waals surface area (Å²) in [6.07, 6.45) is -4.78. The Kier molecular flexibility index (Phi) is 5.04. The number of alkyl halides is 3. The van der Waals surface area contributed by atoms with Gasteiger partial charge in [0, 0.05) is 16.0 Å². The van der Waals surface area contributed by atoms with Gasteiger partial charge in [-0.2, -0.15) is 13.2 Å². The van der Waals surface area contributed by atoms with E-state index < -0.39 is 12.6 Å². The van der Waals surface area contributed by atoms with Crippen LogP contribution in [-0.2, 0) is 0 Å². The molecule has 5 heteroatoms. The van der Waals surface area contributed by atoms with Crippen LogP contribution in [0.15, 0.2) is 24.3 Å². The highest BCUT2D eigenvalue weighted by Gasteiger charge is 2.28. The summed E-state index contributed by atoms with van der Waals surface area (Å²) in [6, 6.07) is 7.28. The lowest BCUT2D eigenvalue weighted by Gasteiger charge is -2.17. The Morgan fingerprint density at radius 2 is 2.06 bits per heavy atom. The van der Waals surface area contributed by atoms with Gasteiger partial charge in [0.2, 0.25) is 0 Å². The predicted octanol–water partition coefficient (Wildman–Crippen LogP) is 3.89. The summed E-state index contributed by atoms with van der Waals surface area (Å²) < 4.78 is 37.4. The molecule has 0 aliphatic heterocycles. The molecule has 1 nitrogen and oxygen atoms in total. The van der Waals surface area contributed by atoms with Crippen molar-refractivity contribution < 1.29 is 13.2 Å². The van der Waals surface area contributed by atoms with E-state index in [1.165, 1.54) is 0 Å². The molecule has 1 N–H and O–H groups in total. The van der Waals surface area contributed by atoms with Crippen molar-refractivity contribution in [3.63, 3.8) is 0 Å². The maximum absolute atomic E-state index is 12.1. The third kappa shape index (κ3) is 4.69. The van der Waals surface area contributed by atoms with E-state index in [9.17, 15) is 13.2 Å². The molecule has 1 rings (SSSR count). The molecule has 0 aliphatic carbocycles. The van der Waals surface area contributed by atoms with Crippen LogP contribution in [0.2, 0.25) is 0 Å². The van der Waals surface area contributed by atoms with Crippen molar-refractivity contribution in [1.82, 2.24) is 5.32 Å². The Bertz CT molecular complexity index is 338. The van der Waals surface area contributed by atoms with E-state index in [-0.39, 0.29) is 12.5 Å². The third-order valence-electron chi connectivity index (χ3n) is 2.32.